The summed E-state index contributed by atoms with van der Waals surface area (Å²) in [6, 6.07) is 0. The fourth-order valence-corrected chi connectivity index (χ4v) is 2.48. The summed E-state index contributed by atoms with van der Waals surface area (Å²) in [5.41, 5.74) is 0. The zero-order valence-corrected chi connectivity index (χ0v) is 16.0. The van der Waals surface area contributed by atoms with Gasteiger partial charge < -0.3 is 0 Å². The summed E-state index contributed by atoms with van der Waals surface area (Å²) < 4.78 is 0. The maximum atomic E-state index is 2.27. The zero-order chi connectivity index (χ0) is 18.4. The molecule has 1 aliphatic rings. The molecule has 0 nitrogen and oxygen atoms in total. The third kappa shape index (κ3) is 16.5. The minimum Gasteiger partial charge on any atom is -0.0845 e. The van der Waals surface area contributed by atoms with Gasteiger partial charge in [0.25, 0.3) is 0 Å². The Morgan fingerprint density at radius 2 is 0.462 bits per heavy atom. The van der Waals surface area contributed by atoms with E-state index in [0.717, 1.165) is 0 Å². The highest BCUT2D eigenvalue weighted by Crippen LogP contribution is 2.09. The molecule has 0 spiro atoms. The highest BCUT2D eigenvalue weighted by atomic mass is 14.0. The molecule has 0 saturated carbocycles. The lowest BCUT2D eigenvalue weighted by molar-refractivity contribution is 0.600. The highest BCUT2D eigenvalue weighted by Gasteiger charge is 1.89. The first-order valence-corrected chi connectivity index (χ1v) is 9.98. The van der Waals surface area contributed by atoms with E-state index in [0.29, 0.717) is 0 Å². The lowest BCUT2D eigenvalue weighted by Gasteiger charge is -1.99. The van der Waals surface area contributed by atoms with Crippen LogP contribution in [-0.2, 0) is 0 Å². The first-order chi connectivity index (χ1) is 13.0. The van der Waals surface area contributed by atoms with Crippen LogP contribution >= 0.6 is 0 Å². The Hall–Kier alpha value is -2.34. The number of rotatable bonds is 0. The van der Waals surface area contributed by atoms with Gasteiger partial charge in [-0.25, -0.2) is 0 Å². The van der Waals surface area contributed by atoms with Gasteiger partial charge in [0.2, 0.25) is 0 Å². The number of allylic oxidation sites excluding steroid dienone is 18. The van der Waals surface area contributed by atoms with Crippen molar-refractivity contribution in [3.8, 4) is 0 Å². The Morgan fingerprint density at radius 1 is 0.231 bits per heavy atom. The van der Waals surface area contributed by atoms with Crippen molar-refractivity contribution in [1.29, 1.82) is 0 Å². The van der Waals surface area contributed by atoms with Crippen molar-refractivity contribution in [2.75, 3.05) is 0 Å². The molecule has 138 valence electrons. The van der Waals surface area contributed by atoms with Gasteiger partial charge in [0.1, 0.15) is 0 Å². The van der Waals surface area contributed by atoms with Crippen LogP contribution in [-0.4, -0.2) is 0 Å². The second-order valence-electron chi connectivity index (χ2n) is 6.25. The molecule has 0 heteroatoms. The summed E-state index contributed by atoms with van der Waals surface area (Å²) >= 11 is 0. The van der Waals surface area contributed by atoms with Crippen molar-refractivity contribution in [2.24, 2.45) is 0 Å². The van der Waals surface area contributed by atoms with Crippen LogP contribution in [0, 0.1) is 0 Å². The first-order valence-electron chi connectivity index (χ1n) is 9.98. The van der Waals surface area contributed by atoms with E-state index in [1.807, 2.05) is 48.6 Å². The molecule has 0 N–H and O–H groups in total. The van der Waals surface area contributed by atoms with Crippen LogP contribution in [0.15, 0.2) is 109 Å². The minimum absolute atomic E-state index is 1.19. The van der Waals surface area contributed by atoms with Crippen molar-refractivity contribution in [3.63, 3.8) is 0 Å². The van der Waals surface area contributed by atoms with Crippen LogP contribution in [0.25, 0.3) is 0 Å². The topological polar surface area (TPSA) is 0 Å². The van der Waals surface area contributed by atoms with E-state index in [1.54, 1.807) is 0 Å². The molecule has 0 aromatic rings. The van der Waals surface area contributed by atoms with Gasteiger partial charge in [-0.15, -0.1) is 0 Å². The van der Waals surface area contributed by atoms with E-state index in [-0.39, 0.29) is 0 Å². The van der Waals surface area contributed by atoms with Crippen LogP contribution in [0.5, 0.6) is 0 Å². The van der Waals surface area contributed by atoms with E-state index in [1.165, 1.54) is 51.4 Å². The first kappa shape index (κ1) is 21.7. The molecule has 0 fully saturated rings. The normalized spacial score (nSPS) is 28.3. The van der Waals surface area contributed by atoms with Crippen LogP contribution in [0.4, 0.5) is 0 Å². The summed E-state index contributed by atoms with van der Waals surface area (Å²) in [4.78, 5) is 0. The summed E-state index contributed by atoms with van der Waals surface area (Å²) in [5, 5.41) is 0. The largest absolute Gasteiger partial charge is 0.0845 e. The molecule has 0 aromatic heterocycles. The maximum absolute atomic E-state index is 2.27. The molecule has 0 aromatic carbocycles. The van der Waals surface area contributed by atoms with Gasteiger partial charge in [-0.1, -0.05) is 135 Å². The molecular weight excluding hydrogens is 312 g/mol. The third-order valence-corrected chi connectivity index (χ3v) is 3.93. The average Bonchev–Trinajstić information content (AvgIpc) is 2.65. The van der Waals surface area contributed by atoms with Crippen molar-refractivity contribution < 1.29 is 0 Å². The minimum atomic E-state index is 1.19. The van der Waals surface area contributed by atoms with Gasteiger partial charge in [0.15, 0.2) is 0 Å². The molecule has 0 amide bonds. The predicted molar refractivity (Wildman–Crippen MR) is 119 cm³/mol. The maximum Gasteiger partial charge on any atom is -0.0348 e. The molecule has 0 unspecified atom stereocenters. The van der Waals surface area contributed by atoms with Crippen LogP contribution in [0.2, 0.25) is 0 Å². The van der Waals surface area contributed by atoms with Crippen LogP contribution in [0.1, 0.15) is 51.4 Å². The van der Waals surface area contributed by atoms with Crippen molar-refractivity contribution in [1.82, 2.24) is 0 Å². The Bertz CT molecular complexity index is 519. The monoisotopic (exact) mass is 346 g/mol. The summed E-state index contributed by atoms with van der Waals surface area (Å²) in [5.74, 6) is 0. The molecule has 0 saturated heterocycles. The van der Waals surface area contributed by atoms with Gasteiger partial charge in [-0.05, 0) is 25.7 Å². The van der Waals surface area contributed by atoms with Crippen molar-refractivity contribution in [3.05, 3.63) is 109 Å². The third-order valence-electron chi connectivity index (χ3n) is 3.93. The lowest BCUT2D eigenvalue weighted by Crippen LogP contribution is -1.79. The van der Waals surface area contributed by atoms with Gasteiger partial charge in [0, 0.05) is 0 Å². The van der Waals surface area contributed by atoms with E-state index in [2.05, 4.69) is 60.8 Å². The Morgan fingerprint density at radius 3 is 0.769 bits per heavy atom. The second kappa shape index (κ2) is 19.0. The molecule has 0 atom stereocenters. The highest BCUT2D eigenvalue weighted by molar-refractivity contribution is 5.21. The lowest BCUT2D eigenvalue weighted by atomic mass is 10.1. The molecule has 0 heterocycles. The summed E-state index contributed by atoms with van der Waals surface area (Å²) in [7, 11) is 0. The van der Waals surface area contributed by atoms with Crippen LogP contribution < -0.4 is 0 Å². The predicted octanol–water partition coefficient (Wildman–Crippen LogP) is 8.13. The van der Waals surface area contributed by atoms with E-state index in [9.17, 15) is 0 Å². The Balaban J connectivity index is 2.44. The summed E-state index contributed by atoms with van der Waals surface area (Å²) in [6.07, 6.45) is 48.0. The van der Waals surface area contributed by atoms with E-state index >= 15 is 0 Å². The number of hydrogen-bond acceptors (Lipinski definition) is 0. The van der Waals surface area contributed by atoms with Gasteiger partial charge in [0.05, 0.1) is 0 Å². The molecule has 1 aliphatic carbocycles. The van der Waals surface area contributed by atoms with Crippen LogP contribution in [0.3, 0.4) is 0 Å². The van der Waals surface area contributed by atoms with Gasteiger partial charge in [-0.3, -0.25) is 0 Å². The number of hydrogen-bond donors (Lipinski definition) is 0. The fraction of sp³-hybridized carbons (Fsp3) is 0.308. The average molecular weight is 347 g/mol. The van der Waals surface area contributed by atoms with E-state index in [4.69, 9.17) is 0 Å². The Kier molecular flexibility index (Phi) is 15.9. The molecule has 0 aliphatic heterocycles. The van der Waals surface area contributed by atoms with Gasteiger partial charge in [-0.2, -0.15) is 0 Å². The van der Waals surface area contributed by atoms with Crippen molar-refractivity contribution >= 4 is 0 Å². The second-order valence-corrected chi connectivity index (χ2v) is 6.25. The standard InChI is InChI=1S/C26H34/c1-2-4-6-8-10-12-14-16-18-20-22-24-26-25-23-21-19-17-15-13-11-9-7-5-3-1/h1-18H,19-26H2/b2-1-,5-3-,6-4-,9-7-,10-8-,13-11-,14-12-,17-15-,18-16?. The van der Waals surface area contributed by atoms with Crippen molar-refractivity contribution in [2.45, 2.75) is 51.4 Å². The van der Waals surface area contributed by atoms with E-state index < -0.39 is 0 Å². The van der Waals surface area contributed by atoms with Gasteiger partial charge >= 0.3 is 0 Å². The SMILES string of the molecule is C1=CCCCCCCCC\C=C/C=C\C=C/C=C\C=C/C=C\C=C/C=C\1. The quantitative estimate of drug-likeness (QED) is 0.415. The smallest absolute Gasteiger partial charge is 0.0348 e. The molecular formula is C26H34. The molecule has 0 radical (unpaired) electrons. The summed E-state index contributed by atoms with van der Waals surface area (Å²) in [6.45, 7) is 0. The molecule has 0 bridgehead atoms. The molecule has 26 heavy (non-hydrogen) atoms. The Labute approximate surface area is 161 Å². The zero-order valence-electron chi connectivity index (χ0n) is 16.0. The molecule has 1 rings (SSSR count). The fourth-order valence-electron chi connectivity index (χ4n) is 2.48.